The molecule has 0 radical (unpaired) electrons. The number of rotatable bonds is 5. The minimum atomic E-state index is -3.62. The Balaban J connectivity index is 1.92. The van der Waals surface area contributed by atoms with Crippen molar-refractivity contribution < 1.29 is 17.9 Å². The van der Waals surface area contributed by atoms with Crippen LogP contribution in [0.15, 0.2) is 41.3 Å². The second-order valence-corrected chi connectivity index (χ2v) is 12.7. The van der Waals surface area contributed by atoms with Gasteiger partial charge in [-0.2, -0.15) is 4.31 Å². The Morgan fingerprint density at radius 2 is 1.90 bits per heavy atom. The van der Waals surface area contributed by atoms with Gasteiger partial charge in [-0.1, -0.05) is 23.8 Å². The zero-order valence-electron chi connectivity index (χ0n) is 17.2. The molecule has 160 valence electrons. The van der Waals surface area contributed by atoms with Gasteiger partial charge in [-0.25, -0.2) is 13.2 Å². The molecule has 2 fully saturated rings. The first kappa shape index (κ1) is 22.7. The minimum Gasteiger partial charge on any atom is -0.466 e. The molecule has 1 spiro atoms. The fourth-order valence-corrected chi connectivity index (χ4v) is 9.63. The number of sulfonamides is 1. The summed E-state index contributed by atoms with van der Waals surface area (Å²) < 4.78 is 33.5. The van der Waals surface area contributed by atoms with Gasteiger partial charge < -0.3 is 4.74 Å². The Morgan fingerprint density at radius 3 is 2.52 bits per heavy atom. The van der Waals surface area contributed by atoms with Crippen LogP contribution in [0.2, 0.25) is 0 Å². The Kier molecular flexibility index (Phi) is 7.41. The Hall–Kier alpha value is -0.960. The standard InChI is InChI=1S/C21H29NO4S3/c1-16-8-10-19(11-9-16)29(24,25)22-17(2)14-21(27-12-5-13-28-21)15-18(22)6-4-7-20(23)26-3/h4,7-11,17-18H,5-6,12-15H2,1-3H3/b7-4-/t17-,18-/m1/s1. The Morgan fingerprint density at radius 1 is 1.24 bits per heavy atom. The van der Waals surface area contributed by atoms with Gasteiger partial charge in [-0.3, -0.25) is 0 Å². The molecule has 0 bridgehead atoms. The fraction of sp³-hybridized carbons (Fsp3) is 0.571. The van der Waals surface area contributed by atoms with Crippen molar-refractivity contribution in [2.24, 2.45) is 0 Å². The number of hydrogen-bond donors (Lipinski definition) is 0. The average Bonchev–Trinajstić information content (AvgIpc) is 2.68. The molecule has 2 aliphatic heterocycles. The molecule has 8 heteroatoms. The van der Waals surface area contributed by atoms with Gasteiger partial charge in [0, 0.05) is 18.2 Å². The average molecular weight is 456 g/mol. The highest BCUT2D eigenvalue weighted by Gasteiger charge is 2.48. The predicted molar refractivity (Wildman–Crippen MR) is 121 cm³/mol. The van der Waals surface area contributed by atoms with Crippen molar-refractivity contribution >= 4 is 39.5 Å². The molecule has 0 unspecified atom stereocenters. The number of carbonyl (C=O) groups is 1. The lowest BCUT2D eigenvalue weighted by Gasteiger charge is -2.50. The van der Waals surface area contributed by atoms with E-state index in [0.717, 1.165) is 29.9 Å². The summed E-state index contributed by atoms with van der Waals surface area (Å²) in [6, 6.07) is 6.75. The number of ether oxygens (including phenoxy) is 1. The van der Waals surface area contributed by atoms with Crippen molar-refractivity contribution in [1.29, 1.82) is 0 Å². The van der Waals surface area contributed by atoms with Crippen LogP contribution in [-0.2, 0) is 19.6 Å². The van der Waals surface area contributed by atoms with Gasteiger partial charge in [-0.05, 0) is 63.2 Å². The second-order valence-electron chi connectivity index (χ2n) is 7.68. The summed E-state index contributed by atoms with van der Waals surface area (Å²) in [5.74, 6) is 1.82. The molecule has 0 amide bonds. The lowest BCUT2D eigenvalue weighted by atomic mass is 9.96. The van der Waals surface area contributed by atoms with Gasteiger partial charge in [0.1, 0.15) is 0 Å². The number of methoxy groups -OCH3 is 1. The summed E-state index contributed by atoms with van der Waals surface area (Å²) >= 11 is 3.95. The number of piperidine rings is 1. The van der Waals surface area contributed by atoms with Crippen molar-refractivity contribution in [2.75, 3.05) is 18.6 Å². The summed E-state index contributed by atoms with van der Waals surface area (Å²) in [5, 5.41) is 0. The van der Waals surface area contributed by atoms with E-state index in [1.54, 1.807) is 22.5 Å². The summed E-state index contributed by atoms with van der Waals surface area (Å²) in [4.78, 5) is 11.8. The topological polar surface area (TPSA) is 63.7 Å². The molecule has 5 nitrogen and oxygen atoms in total. The van der Waals surface area contributed by atoms with Gasteiger partial charge in [0.05, 0.1) is 16.1 Å². The van der Waals surface area contributed by atoms with Gasteiger partial charge in [0.2, 0.25) is 10.0 Å². The highest BCUT2D eigenvalue weighted by Crippen LogP contribution is 2.53. The summed E-state index contributed by atoms with van der Waals surface area (Å²) in [7, 11) is -2.28. The number of esters is 1. The normalized spacial score (nSPS) is 25.3. The number of thioether (sulfide) groups is 2. The lowest BCUT2D eigenvalue weighted by Crippen LogP contribution is -2.55. The summed E-state index contributed by atoms with van der Waals surface area (Å²) in [6.45, 7) is 3.96. The minimum absolute atomic E-state index is 0.0563. The number of aryl methyl sites for hydroxylation is 1. The number of nitrogens with zero attached hydrogens (tertiary/aromatic N) is 1. The van der Waals surface area contributed by atoms with E-state index in [0.29, 0.717) is 11.3 Å². The van der Waals surface area contributed by atoms with Crippen LogP contribution in [0, 0.1) is 6.92 Å². The smallest absolute Gasteiger partial charge is 0.330 e. The van der Waals surface area contributed by atoms with Crippen LogP contribution in [0.5, 0.6) is 0 Å². The van der Waals surface area contributed by atoms with Crippen LogP contribution < -0.4 is 0 Å². The van der Waals surface area contributed by atoms with Crippen LogP contribution in [0.4, 0.5) is 0 Å². The molecular formula is C21H29NO4S3. The first-order chi connectivity index (χ1) is 13.8. The van der Waals surface area contributed by atoms with E-state index in [9.17, 15) is 13.2 Å². The van der Waals surface area contributed by atoms with E-state index >= 15 is 0 Å². The van der Waals surface area contributed by atoms with Crippen LogP contribution >= 0.6 is 23.5 Å². The predicted octanol–water partition coefficient (Wildman–Crippen LogP) is 4.22. The van der Waals surface area contributed by atoms with Crippen molar-refractivity contribution in [3.8, 4) is 0 Å². The number of hydrogen-bond acceptors (Lipinski definition) is 6. The number of benzene rings is 1. The molecule has 3 rings (SSSR count). The van der Waals surface area contributed by atoms with E-state index in [1.807, 2.05) is 49.5 Å². The second kappa shape index (κ2) is 9.45. The van der Waals surface area contributed by atoms with Crippen molar-refractivity contribution in [3.05, 3.63) is 42.0 Å². The third-order valence-corrected chi connectivity index (χ3v) is 10.9. The van der Waals surface area contributed by atoms with Crippen LogP contribution in [-0.4, -0.2) is 53.5 Å². The molecule has 2 atom stereocenters. The van der Waals surface area contributed by atoms with E-state index in [4.69, 9.17) is 0 Å². The van der Waals surface area contributed by atoms with Crippen molar-refractivity contribution in [2.45, 2.75) is 60.6 Å². The fourth-order valence-electron chi connectivity index (χ4n) is 4.13. The zero-order chi connectivity index (χ0) is 21.1. The van der Waals surface area contributed by atoms with E-state index in [-0.39, 0.29) is 16.2 Å². The highest BCUT2D eigenvalue weighted by molar-refractivity contribution is 8.18. The third kappa shape index (κ3) is 5.21. The molecule has 2 aliphatic rings. The first-order valence-corrected chi connectivity index (χ1v) is 13.3. The van der Waals surface area contributed by atoms with Gasteiger partial charge in [0.15, 0.2) is 0 Å². The van der Waals surface area contributed by atoms with Gasteiger partial charge >= 0.3 is 5.97 Å². The van der Waals surface area contributed by atoms with Crippen molar-refractivity contribution in [1.82, 2.24) is 4.31 Å². The first-order valence-electron chi connectivity index (χ1n) is 9.90. The van der Waals surface area contributed by atoms with Crippen LogP contribution in [0.25, 0.3) is 0 Å². The van der Waals surface area contributed by atoms with E-state index < -0.39 is 16.0 Å². The van der Waals surface area contributed by atoms with Crippen LogP contribution in [0.1, 0.15) is 38.2 Å². The van der Waals surface area contributed by atoms with Crippen molar-refractivity contribution in [3.63, 3.8) is 0 Å². The molecule has 0 saturated carbocycles. The molecule has 0 aromatic heterocycles. The molecule has 2 heterocycles. The lowest BCUT2D eigenvalue weighted by molar-refractivity contribution is -0.134. The van der Waals surface area contributed by atoms with Gasteiger partial charge in [-0.15, -0.1) is 23.5 Å². The maximum Gasteiger partial charge on any atom is 0.330 e. The Labute approximate surface area is 182 Å². The van der Waals surface area contributed by atoms with Crippen LogP contribution in [0.3, 0.4) is 0 Å². The molecule has 1 aromatic rings. The maximum atomic E-state index is 13.5. The molecule has 2 saturated heterocycles. The quantitative estimate of drug-likeness (QED) is 0.489. The maximum absolute atomic E-state index is 13.5. The third-order valence-electron chi connectivity index (χ3n) is 5.43. The largest absolute Gasteiger partial charge is 0.466 e. The summed E-state index contributed by atoms with van der Waals surface area (Å²) in [6.07, 6.45) is 6.45. The molecular weight excluding hydrogens is 426 g/mol. The molecule has 0 N–H and O–H groups in total. The highest BCUT2D eigenvalue weighted by atomic mass is 32.2. The van der Waals surface area contributed by atoms with E-state index in [1.165, 1.54) is 19.6 Å². The Bertz CT molecular complexity index is 845. The summed E-state index contributed by atoms with van der Waals surface area (Å²) in [5.41, 5.74) is 1.03. The van der Waals surface area contributed by atoms with E-state index in [2.05, 4.69) is 4.74 Å². The monoisotopic (exact) mass is 455 g/mol. The molecule has 29 heavy (non-hydrogen) atoms. The molecule has 1 aromatic carbocycles. The molecule has 0 aliphatic carbocycles. The SMILES string of the molecule is COC(=O)/C=C\C[C@@H]1CC2(C[C@@H](C)N1S(=O)(=O)c1ccc(C)cc1)SCCCS2. The zero-order valence-corrected chi connectivity index (χ0v) is 19.6. The number of carbonyl (C=O) groups excluding carboxylic acids is 1. The van der Waals surface area contributed by atoms with Gasteiger partial charge in [0.25, 0.3) is 0 Å².